The van der Waals surface area contributed by atoms with Crippen molar-refractivity contribution < 1.29 is 14.3 Å². The molecule has 0 bridgehead atoms. The van der Waals surface area contributed by atoms with Crippen LogP contribution in [0, 0.1) is 5.92 Å². The molecule has 0 unspecified atom stereocenters. The van der Waals surface area contributed by atoms with E-state index in [2.05, 4.69) is 10.6 Å². The molecule has 6 nitrogen and oxygen atoms in total. The molecule has 0 aliphatic heterocycles. The second-order valence-electron chi connectivity index (χ2n) is 4.18. The van der Waals surface area contributed by atoms with Crippen LogP contribution in [-0.2, 0) is 14.3 Å². The number of carbonyl (C=O) groups excluding carboxylic acids is 2. The van der Waals surface area contributed by atoms with E-state index < -0.39 is 6.04 Å². The zero-order chi connectivity index (χ0) is 13.3. The predicted molar refractivity (Wildman–Crippen MR) is 65.3 cm³/mol. The number of amides is 2. The average molecular weight is 245 g/mol. The Labute approximate surface area is 102 Å². The minimum atomic E-state index is -0.573. The van der Waals surface area contributed by atoms with Gasteiger partial charge < -0.3 is 21.1 Å². The Morgan fingerprint density at radius 2 is 1.94 bits per heavy atom. The highest BCUT2D eigenvalue weighted by molar-refractivity contribution is 5.87. The van der Waals surface area contributed by atoms with E-state index in [1.54, 1.807) is 7.11 Å². The van der Waals surface area contributed by atoms with Crippen molar-refractivity contribution in [2.45, 2.75) is 26.3 Å². The van der Waals surface area contributed by atoms with E-state index in [-0.39, 0.29) is 24.3 Å². The van der Waals surface area contributed by atoms with Gasteiger partial charge in [0, 0.05) is 20.3 Å². The maximum atomic E-state index is 11.4. The van der Waals surface area contributed by atoms with Gasteiger partial charge in [-0.05, 0) is 12.3 Å². The highest BCUT2D eigenvalue weighted by Crippen LogP contribution is 1.97. The molecular weight excluding hydrogens is 222 g/mol. The highest BCUT2D eigenvalue weighted by Gasteiger charge is 2.17. The van der Waals surface area contributed by atoms with Crippen LogP contribution in [0.4, 0.5) is 0 Å². The third kappa shape index (κ3) is 7.70. The molecule has 0 heterocycles. The van der Waals surface area contributed by atoms with Gasteiger partial charge in [-0.1, -0.05) is 13.8 Å². The molecule has 6 heteroatoms. The van der Waals surface area contributed by atoms with Crippen LogP contribution in [-0.4, -0.2) is 44.7 Å². The average Bonchev–Trinajstić information content (AvgIpc) is 2.30. The van der Waals surface area contributed by atoms with Gasteiger partial charge in [-0.15, -0.1) is 0 Å². The number of ether oxygens (including phenoxy) is 1. The molecule has 0 aliphatic carbocycles. The lowest BCUT2D eigenvalue weighted by Crippen LogP contribution is -2.47. The van der Waals surface area contributed by atoms with E-state index >= 15 is 0 Å². The Balaban J connectivity index is 3.66. The monoisotopic (exact) mass is 245 g/mol. The molecule has 2 amide bonds. The van der Waals surface area contributed by atoms with Crippen molar-refractivity contribution in [3.8, 4) is 0 Å². The van der Waals surface area contributed by atoms with Crippen LogP contribution in [0.5, 0.6) is 0 Å². The minimum absolute atomic E-state index is 0.0355. The quantitative estimate of drug-likeness (QED) is 0.490. The first-order chi connectivity index (χ1) is 7.99. The van der Waals surface area contributed by atoms with E-state index in [0.29, 0.717) is 13.2 Å². The lowest BCUT2D eigenvalue weighted by atomic mass is 10.1. The van der Waals surface area contributed by atoms with Gasteiger partial charge in [0.1, 0.15) is 0 Å². The van der Waals surface area contributed by atoms with Crippen LogP contribution in [0.1, 0.15) is 20.3 Å². The first-order valence-electron chi connectivity index (χ1n) is 5.78. The van der Waals surface area contributed by atoms with Gasteiger partial charge in [0.25, 0.3) is 0 Å². The SMILES string of the molecule is COCCCNC(=O)CNC(=O)[C@@H](N)C(C)C. The third-order valence-corrected chi connectivity index (χ3v) is 2.29. The van der Waals surface area contributed by atoms with E-state index in [1.165, 1.54) is 0 Å². The third-order valence-electron chi connectivity index (χ3n) is 2.29. The summed E-state index contributed by atoms with van der Waals surface area (Å²) in [5.41, 5.74) is 5.63. The Hall–Kier alpha value is -1.14. The largest absolute Gasteiger partial charge is 0.385 e. The number of nitrogens with two attached hydrogens (primary N) is 1. The summed E-state index contributed by atoms with van der Waals surface area (Å²) in [7, 11) is 1.61. The van der Waals surface area contributed by atoms with Crippen molar-refractivity contribution in [1.29, 1.82) is 0 Å². The Kier molecular flexibility index (Phi) is 8.35. The summed E-state index contributed by atoms with van der Waals surface area (Å²) in [6.45, 7) is 4.82. The van der Waals surface area contributed by atoms with E-state index in [9.17, 15) is 9.59 Å². The van der Waals surface area contributed by atoms with E-state index in [1.807, 2.05) is 13.8 Å². The molecular formula is C11H23N3O3. The second-order valence-corrected chi connectivity index (χ2v) is 4.18. The lowest BCUT2D eigenvalue weighted by Gasteiger charge is -2.15. The van der Waals surface area contributed by atoms with Crippen LogP contribution in [0.2, 0.25) is 0 Å². The zero-order valence-electron chi connectivity index (χ0n) is 10.8. The highest BCUT2D eigenvalue weighted by atomic mass is 16.5. The summed E-state index contributed by atoms with van der Waals surface area (Å²) in [6, 6.07) is -0.573. The van der Waals surface area contributed by atoms with E-state index in [4.69, 9.17) is 10.5 Å². The van der Waals surface area contributed by atoms with Crippen molar-refractivity contribution in [3.05, 3.63) is 0 Å². The zero-order valence-corrected chi connectivity index (χ0v) is 10.8. The molecule has 0 aliphatic rings. The summed E-state index contributed by atoms with van der Waals surface area (Å²) in [4.78, 5) is 22.7. The number of hydrogen-bond acceptors (Lipinski definition) is 4. The van der Waals surface area contributed by atoms with Crippen molar-refractivity contribution in [2.75, 3.05) is 26.8 Å². The second kappa shape index (κ2) is 8.95. The summed E-state index contributed by atoms with van der Waals surface area (Å²) < 4.78 is 4.84. The number of hydrogen-bond donors (Lipinski definition) is 3. The first-order valence-corrected chi connectivity index (χ1v) is 5.78. The molecule has 0 rings (SSSR count). The van der Waals surface area contributed by atoms with Crippen LogP contribution in [0.15, 0.2) is 0 Å². The van der Waals surface area contributed by atoms with Crippen LogP contribution >= 0.6 is 0 Å². The molecule has 0 aromatic heterocycles. The van der Waals surface area contributed by atoms with Crippen molar-refractivity contribution in [3.63, 3.8) is 0 Å². The molecule has 0 saturated heterocycles. The van der Waals surface area contributed by atoms with Crippen molar-refractivity contribution >= 4 is 11.8 Å². The minimum Gasteiger partial charge on any atom is -0.385 e. The molecule has 100 valence electrons. The molecule has 1 atom stereocenters. The fourth-order valence-electron chi connectivity index (χ4n) is 1.09. The number of methoxy groups -OCH3 is 1. The fourth-order valence-corrected chi connectivity index (χ4v) is 1.09. The first kappa shape index (κ1) is 15.9. The molecule has 0 aromatic carbocycles. The van der Waals surface area contributed by atoms with Crippen LogP contribution in [0.25, 0.3) is 0 Å². The van der Waals surface area contributed by atoms with Gasteiger partial charge in [-0.25, -0.2) is 0 Å². The maximum absolute atomic E-state index is 11.4. The van der Waals surface area contributed by atoms with Gasteiger partial charge >= 0.3 is 0 Å². The van der Waals surface area contributed by atoms with Crippen LogP contribution < -0.4 is 16.4 Å². The number of carbonyl (C=O) groups is 2. The topological polar surface area (TPSA) is 93.5 Å². The Bertz CT molecular complexity index is 244. The summed E-state index contributed by atoms with van der Waals surface area (Å²) >= 11 is 0. The molecule has 4 N–H and O–H groups in total. The van der Waals surface area contributed by atoms with E-state index in [0.717, 1.165) is 6.42 Å². The van der Waals surface area contributed by atoms with Gasteiger partial charge in [-0.3, -0.25) is 9.59 Å². The smallest absolute Gasteiger partial charge is 0.239 e. The van der Waals surface area contributed by atoms with Crippen LogP contribution in [0.3, 0.4) is 0 Å². The Morgan fingerprint density at radius 1 is 1.29 bits per heavy atom. The predicted octanol–water partition coefficient (Wildman–Crippen LogP) is -0.761. The van der Waals surface area contributed by atoms with Gasteiger partial charge in [0.15, 0.2) is 0 Å². The fraction of sp³-hybridized carbons (Fsp3) is 0.818. The molecule has 0 aromatic rings. The molecule has 0 saturated carbocycles. The van der Waals surface area contributed by atoms with Gasteiger partial charge in [0.2, 0.25) is 11.8 Å². The van der Waals surface area contributed by atoms with Gasteiger partial charge in [0.05, 0.1) is 12.6 Å². The number of nitrogens with one attached hydrogen (secondary N) is 2. The lowest BCUT2D eigenvalue weighted by molar-refractivity contribution is -0.127. The number of rotatable bonds is 8. The molecule has 17 heavy (non-hydrogen) atoms. The van der Waals surface area contributed by atoms with Gasteiger partial charge in [-0.2, -0.15) is 0 Å². The maximum Gasteiger partial charge on any atom is 0.239 e. The van der Waals surface area contributed by atoms with Crippen molar-refractivity contribution in [1.82, 2.24) is 10.6 Å². The normalized spacial score (nSPS) is 12.3. The summed E-state index contributed by atoms with van der Waals surface area (Å²) in [5.74, 6) is -0.461. The van der Waals surface area contributed by atoms with Crippen molar-refractivity contribution in [2.24, 2.45) is 11.7 Å². The molecule has 0 fully saturated rings. The summed E-state index contributed by atoms with van der Waals surface area (Å²) in [5, 5.41) is 5.16. The molecule has 0 radical (unpaired) electrons. The standard InChI is InChI=1S/C11H23N3O3/c1-8(2)10(12)11(16)14-7-9(15)13-5-4-6-17-3/h8,10H,4-7,12H2,1-3H3,(H,13,15)(H,14,16)/t10-/m0/s1. The summed E-state index contributed by atoms with van der Waals surface area (Å²) in [6.07, 6.45) is 0.752. The molecule has 0 spiro atoms. The Morgan fingerprint density at radius 3 is 2.47 bits per heavy atom.